The van der Waals surface area contributed by atoms with Gasteiger partial charge in [-0.2, -0.15) is 0 Å². The molecule has 1 aliphatic heterocycles. The van der Waals surface area contributed by atoms with Crippen molar-refractivity contribution >= 4 is 5.91 Å². The molecule has 1 fully saturated rings. The lowest BCUT2D eigenvalue weighted by atomic mass is 10.0. The van der Waals surface area contributed by atoms with Gasteiger partial charge in [0.25, 0.3) is 0 Å². The van der Waals surface area contributed by atoms with Crippen LogP contribution in [-0.2, 0) is 11.2 Å². The first-order valence-electron chi connectivity index (χ1n) is 7.18. The normalized spacial score (nSPS) is 19.9. The van der Waals surface area contributed by atoms with Gasteiger partial charge in [-0.15, -0.1) is 0 Å². The van der Waals surface area contributed by atoms with E-state index in [-0.39, 0.29) is 5.91 Å². The van der Waals surface area contributed by atoms with E-state index in [1.165, 1.54) is 5.56 Å². The van der Waals surface area contributed by atoms with E-state index >= 15 is 0 Å². The quantitative estimate of drug-likeness (QED) is 0.904. The van der Waals surface area contributed by atoms with Crippen LogP contribution in [0, 0.1) is 0 Å². The summed E-state index contributed by atoms with van der Waals surface area (Å²) in [5, 5.41) is 3.35. The minimum absolute atomic E-state index is 0.225. The summed E-state index contributed by atoms with van der Waals surface area (Å²) in [6, 6.07) is 10.4. The lowest BCUT2D eigenvalue weighted by molar-refractivity contribution is -0.137. The lowest BCUT2D eigenvalue weighted by Gasteiger charge is -2.35. The number of benzene rings is 1. The first-order chi connectivity index (χ1) is 9.09. The molecule has 1 saturated heterocycles. The van der Waals surface area contributed by atoms with Gasteiger partial charge in [0, 0.05) is 13.1 Å². The van der Waals surface area contributed by atoms with Crippen LogP contribution >= 0.6 is 0 Å². The van der Waals surface area contributed by atoms with Crippen LogP contribution in [0.4, 0.5) is 0 Å². The number of amides is 1. The van der Waals surface area contributed by atoms with E-state index < -0.39 is 5.54 Å². The molecule has 3 nitrogen and oxygen atoms in total. The van der Waals surface area contributed by atoms with Gasteiger partial charge in [-0.3, -0.25) is 4.79 Å². The number of hydrogen-bond donors (Lipinski definition) is 1. The third kappa shape index (κ3) is 3.80. The van der Waals surface area contributed by atoms with Gasteiger partial charge in [-0.05, 0) is 45.2 Å². The van der Waals surface area contributed by atoms with Crippen molar-refractivity contribution < 1.29 is 4.79 Å². The predicted molar refractivity (Wildman–Crippen MR) is 78.0 cm³/mol. The molecule has 104 valence electrons. The number of rotatable bonds is 3. The Morgan fingerprint density at radius 1 is 1.21 bits per heavy atom. The highest BCUT2D eigenvalue weighted by Crippen LogP contribution is 2.13. The summed E-state index contributed by atoms with van der Waals surface area (Å²) >= 11 is 0. The molecule has 1 amide bonds. The number of carbonyl (C=O) groups excluding carboxylic acids is 1. The third-order valence-electron chi connectivity index (χ3n) is 3.76. The Bertz CT molecular complexity index is 414. The maximum Gasteiger partial charge on any atom is 0.242 e. The van der Waals surface area contributed by atoms with Crippen molar-refractivity contribution in [3.05, 3.63) is 35.9 Å². The van der Waals surface area contributed by atoms with Gasteiger partial charge in [0.05, 0.1) is 5.54 Å². The smallest absolute Gasteiger partial charge is 0.242 e. The molecular weight excluding hydrogens is 236 g/mol. The van der Waals surface area contributed by atoms with Gasteiger partial charge < -0.3 is 10.2 Å². The van der Waals surface area contributed by atoms with Gasteiger partial charge in [0.2, 0.25) is 5.91 Å². The molecule has 0 aliphatic carbocycles. The zero-order chi connectivity index (χ0) is 13.7. The second kappa shape index (κ2) is 6.20. The maximum absolute atomic E-state index is 12.5. The van der Waals surface area contributed by atoms with Crippen LogP contribution in [-0.4, -0.2) is 36.0 Å². The fourth-order valence-corrected chi connectivity index (χ4v) is 2.52. The van der Waals surface area contributed by atoms with E-state index in [0.717, 1.165) is 38.9 Å². The average molecular weight is 260 g/mol. The van der Waals surface area contributed by atoms with E-state index in [0.29, 0.717) is 0 Å². The van der Waals surface area contributed by atoms with Crippen molar-refractivity contribution in [3.8, 4) is 0 Å². The first-order valence-corrected chi connectivity index (χ1v) is 7.18. The summed E-state index contributed by atoms with van der Waals surface area (Å²) < 4.78 is 0. The van der Waals surface area contributed by atoms with Gasteiger partial charge >= 0.3 is 0 Å². The lowest BCUT2D eigenvalue weighted by Crippen LogP contribution is -2.56. The SMILES string of the molecule is CC1(C)NCCCCN(CCc2ccccc2)C1=O. The molecule has 19 heavy (non-hydrogen) atoms. The highest BCUT2D eigenvalue weighted by atomic mass is 16.2. The van der Waals surface area contributed by atoms with Gasteiger partial charge in [-0.25, -0.2) is 0 Å². The van der Waals surface area contributed by atoms with Gasteiger partial charge in [-0.1, -0.05) is 30.3 Å². The summed E-state index contributed by atoms with van der Waals surface area (Å²) in [4.78, 5) is 14.5. The van der Waals surface area contributed by atoms with Crippen LogP contribution in [0.1, 0.15) is 32.3 Å². The van der Waals surface area contributed by atoms with Crippen LogP contribution in [0.25, 0.3) is 0 Å². The molecule has 1 aliphatic rings. The van der Waals surface area contributed by atoms with Crippen LogP contribution in [0.5, 0.6) is 0 Å². The van der Waals surface area contributed by atoms with Crippen molar-refractivity contribution in [1.82, 2.24) is 10.2 Å². The Kier molecular flexibility index (Phi) is 4.59. The van der Waals surface area contributed by atoms with Crippen molar-refractivity contribution in [3.63, 3.8) is 0 Å². The fourth-order valence-electron chi connectivity index (χ4n) is 2.52. The monoisotopic (exact) mass is 260 g/mol. The van der Waals surface area contributed by atoms with E-state index in [2.05, 4.69) is 29.6 Å². The molecule has 0 atom stereocenters. The summed E-state index contributed by atoms with van der Waals surface area (Å²) in [5.74, 6) is 0.225. The summed E-state index contributed by atoms with van der Waals surface area (Å²) in [5.41, 5.74) is 0.861. The van der Waals surface area contributed by atoms with Crippen molar-refractivity contribution in [2.24, 2.45) is 0 Å². The zero-order valence-corrected chi connectivity index (χ0v) is 12.0. The molecule has 1 aromatic carbocycles. The Hall–Kier alpha value is -1.35. The largest absolute Gasteiger partial charge is 0.341 e. The third-order valence-corrected chi connectivity index (χ3v) is 3.76. The van der Waals surface area contributed by atoms with Gasteiger partial charge in [0.15, 0.2) is 0 Å². The molecule has 0 saturated carbocycles. The number of carbonyl (C=O) groups is 1. The molecular formula is C16H24N2O. The fraction of sp³-hybridized carbons (Fsp3) is 0.562. The van der Waals surface area contributed by atoms with Gasteiger partial charge in [0.1, 0.15) is 0 Å². The Morgan fingerprint density at radius 2 is 1.95 bits per heavy atom. The van der Waals surface area contributed by atoms with Crippen LogP contribution < -0.4 is 5.32 Å². The zero-order valence-electron chi connectivity index (χ0n) is 12.0. The first kappa shape index (κ1) is 14.1. The van der Waals surface area contributed by atoms with E-state index in [4.69, 9.17) is 0 Å². The van der Waals surface area contributed by atoms with Crippen LogP contribution in [0.2, 0.25) is 0 Å². The number of hydrogen-bond acceptors (Lipinski definition) is 2. The average Bonchev–Trinajstić information content (AvgIpc) is 2.41. The van der Waals surface area contributed by atoms with E-state index in [9.17, 15) is 4.79 Å². The second-order valence-electron chi connectivity index (χ2n) is 5.79. The van der Waals surface area contributed by atoms with Crippen LogP contribution in [0.3, 0.4) is 0 Å². The summed E-state index contributed by atoms with van der Waals surface area (Å²) in [6.45, 7) is 6.60. The summed E-state index contributed by atoms with van der Waals surface area (Å²) in [7, 11) is 0. The predicted octanol–water partition coefficient (Wildman–Crippen LogP) is 2.22. The molecule has 1 aromatic rings. The molecule has 0 unspecified atom stereocenters. The molecule has 0 radical (unpaired) electrons. The molecule has 1 N–H and O–H groups in total. The maximum atomic E-state index is 12.5. The standard InChI is InChI=1S/C16H24N2O/c1-16(2)15(19)18(12-7-6-11-17-16)13-10-14-8-4-3-5-9-14/h3-5,8-9,17H,6-7,10-13H2,1-2H3. The second-order valence-corrected chi connectivity index (χ2v) is 5.79. The molecule has 0 bridgehead atoms. The van der Waals surface area contributed by atoms with Crippen LogP contribution in [0.15, 0.2) is 30.3 Å². The molecule has 0 aromatic heterocycles. The highest BCUT2D eigenvalue weighted by molar-refractivity contribution is 5.85. The topological polar surface area (TPSA) is 32.3 Å². The van der Waals surface area contributed by atoms with E-state index in [1.807, 2.05) is 24.8 Å². The van der Waals surface area contributed by atoms with E-state index in [1.54, 1.807) is 0 Å². The molecule has 0 spiro atoms. The highest BCUT2D eigenvalue weighted by Gasteiger charge is 2.32. The Labute approximate surface area is 116 Å². The Morgan fingerprint density at radius 3 is 2.68 bits per heavy atom. The molecule has 1 heterocycles. The Balaban J connectivity index is 1.98. The number of nitrogens with zero attached hydrogens (tertiary/aromatic N) is 1. The molecule has 3 heteroatoms. The minimum atomic E-state index is -0.433. The molecule has 2 rings (SSSR count). The minimum Gasteiger partial charge on any atom is -0.341 e. The van der Waals surface area contributed by atoms with Crippen molar-refractivity contribution in [2.45, 2.75) is 38.6 Å². The summed E-state index contributed by atoms with van der Waals surface area (Å²) in [6.07, 6.45) is 3.16. The van der Waals surface area contributed by atoms with Crippen molar-refractivity contribution in [2.75, 3.05) is 19.6 Å². The number of nitrogens with one attached hydrogen (secondary N) is 1. The van der Waals surface area contributed by atoms with Crippen molar-refractivity contribution in [1.29, 1.82) is 0 Å².